The summed E-state index contributed by atoms with van der Waals surface area (Å²) in [6.45, 7) is 1.98. The van der Waals surface area contributed by atoms with Crippen molar-refractivity contribution in [2.45, 2.75) is 12.8 Å². The van der Waals surface area contributed by atoms with Crippen LogP contribution in [0.25, 0.3) is 5.65 Å². The first kappa shape index (κ1) is 7.62. The molecule has 0 unspecified atom stereocenters. The molecule has 3 heteroatoms. The van der Waals surface area contributed by atoms with Crippen LogP contribution >= 0.6 is 11.6 Å². The van der Waals surface area contributed by atoms with Crippen LogP contribution in [0.4, 0.5) is 0 Å². The monoisotopic (exact) mass is 180 g/mol. The summed E-state index contributed by atoms with van der Waals surface area (Å²) in [4.78, 5) is 4.31. The van der Waals surface area contributed by atoms with Gasteiger partial charge in [-0.15, -0.1) is 11.6 Å². The number of nitrogens with zero attached hydrogens (tertiary/aromatic N) is 2. The molecule has 0 saturated carbocycles. The van der Waals surface area contributed by atoms with Crippen LogP contribution in [0.2, 0.25) is 0 Å². The molecule has 0 aliphatic rings. The van der Waals surface area contributed by atoms with E-state index in [4.69, 9.17) is 11.6 Å². The summed E-state index contributed by atoms with van der Waals surface area (Å²) in [5.41, 5.74) is 3.12. The molecule has 0 bridgehead atoms. The Bertz CT molecular complexity index is 406. The second-order valence-corrected chi connectivity index (χ2v) is 3.09. The normalized spacial score (nSPS) is 10.8. The first-order valence-corrected chi connectivity index (χ1v) is 4.33. The Morgan fingerprint density at radius 2 is 2.25 bits per heavy atom. The molecule has 0 N–H and O–H groups in total. The van der Waals surface area contributed by atoms with Crippen molar-refractivity contribution in [1.82, 2.24) is 9.38 Å². The summed E-state index contributed by atoms with van der Waals surface area (Å²) in [6, 6.07) is 3.97. The van der Waals surface area contributed by atoms with E-state index in [9.17, 15) is 0 Å². The third kappa shape index (κ3) is 1.18. The molecule has 0 atom stereocenters. The number of rotatable bonds is 1. The van der Waals surface area contributed by atoms with Crippen molar-refractivity contribution in [3.05, 3.63) is 35.8 Å². The summed E-state index contributed by atoms with van der Waals surface area (Å²) < 4.78 is 1.99. The van der Waals surface area contributed by atoms with Crippen LogP contribution in [0.5, 0.6) is 0 Å². The van der Waals surface area contributed by atoms with Crippen LogP contribution < -0.4 is 0 Å². The van der Waals surface area contributed by atoms with Crippen molar-refractivity contribution >= 4 is 17.2 Å². The molecule has 2 aromatic heterocycles. The highest BCUT2D eigenvalue weighted by Gasteiger charge is 1.97. The van der Waals surface area contributed by atoms with Gasteiger partial charge >= 0.3 is 0 Å². The summed E-state index contributed by atoms with van der Waals surface area (Å²) >= 11 is 5.70. The van der Waals surface area contributed by atoms with E-state index in [0.717, 1.165) is 16.9 Å². The number of fused-ring (bicyclic) bond motifs is 1. The summed E-state index contributed by atoms with van der Waals surface area (Å²) in [5, 5.41) is 0. The average molecular weight is 181 g/mol. The molecule has 0 amide bonds. The van der Waals surface area contributed by atoms with Gasteiger partial charge in [0.15, 0.2) is 0 Å². The topological polar surface area (TPSA) is 17.3 Å². The molecule has 2 aromatic rings. The van der Waals surface area contributed by atoms with E-state index in [0.29, 0.717) is 5.88 Å². The minimum atomic E-state index is 0.549. The van der Waals surface area contributed by atoms with E-state index in [1.165, 1.54) is 0 Å². The number of hydrogen-bond donors (Lipinski definition) is 0. The van der Waals surface area contributed by atoms with Gasteiger partial charge in [0, 0.05) is 18.3 Å². The number of imidazole rings is 1. The van der Waals surface area contributed by atoms with Crippen molar-refractivity contribution in [2.24, 2.45) is 0 Å². The van der Waals surface area contributed by atoms with Gasteiger partial charge in [-0.2, -0.15) is 0 Å². The van der Waals surface area contributed by atoms with E-state index < -0.39 is 0 Å². The Morgan fingerprint density at radius 1 is 1.42 bits per heavy atom. The highest BCUT2D eigenvalue weighted by atomic mass is 35.5. The maximum atomic E-state index is 5.70. The van der Waals surface area contributed by atoms with E-state index in [1.54, 1.807) is 0 Å². The molecule has 62 valence electrons. The molecular formula is C9H9ClN2. The minimum Gasteiger partial charge on any atom is -0.307 e. The number of aromatic nitrogens is 2. The molecule has 0 saturated heterocycles. The second kappa shape index (κ2) is 2.79. The van der Waals surface area contributed by atoms with Gasteiger partial charge in [-0.1, -0.05) is 6.07 Å². The first-order valence-electron chi connectivity index (χ1n) is 3.80. The zero-order valence-electron chi connectivity index (χ0n) is 6.79. The van der Waals surface area contributed by atoms with E-state index in [1.807, 2.05) is 35.9 Å². The SMILES string of the molecule is Cc1cn2cc(CCl)ccc2n1. The Kier molecular flexibility index (Phi) is 1.77. The maximum Gasteiger partial charge on any atom is 0.136 e. The summed E-state index contributed by atoms with van der Waals surface area (Å²) in [7, 11) is 0. The molecule has 0 spiro atoms. The van der Waals surface area contributed by atoms with Gasteiger partial charge in [0.25, 0.3) is 0 Å². The molecular weight excluding hydrogens is 172 g/mol. The second-order valence-electron chi connectivity index (χ2n) is 2.82. The lowest BCUT2D eigenvalue weighted by Crippen LogP contribution is -1.85. The van der Waals surface area contributed by atoms with Crippen LogP contribution in [0.1, 0.15) is 11.3 Å². The molecule has 0 aliphatic heterocycles. The molecule has 0 aromatic carbocycles. The Labute approximate surface area is 75.8 Å². The van der Waals surface area contributed by atoms with Gasteiger partial charge in [0.1, 0.15) is 5.65 Å². The predicted octanol–water partition coefficient (Wildman–Crippen LogP) is 2.38. The summed E-state index contributed by atoms with van der Waals surface area (Å²) in [5.74, 6) is 0.549. The fourth-order valence-electron chi connectivity index (χ4n) is 1.24. The smallest absolute Gasteiger partial charge is 0.136 e. The largest absolute Gasteiger partial charge is 0.307 e. The molecule has 0 fully saturated rings. The molecule has 2 heterocycles. The van der Waals surface area contributed by atoms with Gasteiger partial charge in [0.2, 0.25) is 0 Å². The number of alkyl halides is 1. The lowest BCUT2D eigenvalue weighted by Gasteiger charge is -1.95. The van der Waals surface area contributed by atoms with Gasteiger partial charge < -0.3 is 4.40 Å². The number of pyridine rings is 1. The Hall–Kier alpha value is -1.02. The van der Waals surface area contributed by atoms with Crippen LogP contribution in [0, 0.1) is 6.92 Å². The van der Waals surface area contributed by atoms with E-state index in [-0.39, 0.29) is 0 Å². The van der Waals surface area contributed by atoms with Crippen molar-refractivity contribution in [2.75, 3.05) is 0 Å². The Balaban J connectivity index is 2.66. The number of hydrogen-bond acceptors (Lipinski definition) is 1. The third-order valence-electron chi connectivity index (χ3n) is 1.79. The van der Waals surface area contributed by atoms with Gasteiger partial charge in [-0.3, -0.25) is 0 Å². The van der Waals surface area contributed by atoms with Crippen molar-refractivity contribution in [3.63, 3.8) is 0 Å². The third-order valence-corrected chi connectivity index (χ3v) is 2.10. The average Bonchev–Trinajstić information content (AvgIpc) is 2.43. The molecule has 12 heavy (non-hydrogen) atoms. The zero-order valence-corrected chi connectivity index (χ0v) is 7.54. The van der Waals surface area contributed by atoms with Gasteiger partial charge in [-0.05, 0) is 18.6 Å². The van der Waals surface area contributed by atoms with Crippen LogP contribution in [-0.4, -0.2) is 9.38 Å². The Morgan fingerprint density at radius 3 is 3.00 bits per heavy atom. The van der Waals surface area contributed by atoms with Crippen LogP contribution in [-0.2, 0) is 5.88 Å². The highest BCUT2D eigenvalue weighted by Crippen LogP contribution is 2.08. The lowest BCUT2D eigenvalue weighted by atomic mass is 10.3. The first-order chi connectivity index (χ1) is 5.79. The van der Waals surface area contributed by atoms with Gasteiger partial charge in [0.05, 0.1) is 5.69 Å². The molecule has 0 aliphatic carbocycles. The fourth-order valence-corrected chi connectivity index (χ4v) is 1.40. The summed E-state index contributed by atoms with van der Waals surface area (Å²) in [6.07, 6.45) is 3.99. The number of aryl methyl sites for hydroxylation is 1. The molecule has 2 nitrogen and oxygen atoms in total. The van der Waals surface area contributed by atoms with Gasteiger partial charge in [-0.25, -0.2) is 4.98 Å². The van der Waals surface area contributed by atoms with Crippen molar-refractivity contribution < 1.29 is 0 Å². The van der Waals surface area contributed by atoms with Crippen LogP contribution in [0.3, 0.4) is 0 Å². The van der Waals surface area contributed by atoms with Crippen molar-refractivity contribution in [1.29, 1.82) is 0 Å². The highest BCUT2D eigenvalue weighted by molar-refractivity contribution is 6.17. The van der Waals surface area contributed by atoms with Crippen LogP contribution in [0.15, 0.2) is 24.5 Å². The fraction of sp³-hybridized carbons (Fsp3) is 0.222. The van der Waals surface area contributed by atoms with Crippen molar-refractivity contribution in [3.8, 4) is 0 Å². The molecule has 0 radical (unpaired) electrons. The maximum absolute atomic E-state index is 5.70. The van der Waals surface area contributed by atoms with E-state index in [2.05, 4.69) is 4.98 Å². The molecule has 2 rings (SSSR count). The zero-order chi connectivity index (χ0) is 8.55. The minimum absolute atomic E-state index is 0.549. The predicted molar refractivity (Wildman–Crippen MR) is 49.5 cm³/mol. The standard InChI is InChI=1S/C9H9ClN2/c1-7-5-12-6-8(4-10)2-3-9(12)11-7/h2-3,5-6H,4H2,1H3. The quantitative estimate of drug-likeness (QED) is 0.616. The number of halogens is 1. The lowest BCUT2D eigenvalue weighted by molar-refractivity contribution is 1.14. The van der Waals surface area contributed by atoms with E-state index >= 15 is 0 Å².